The lowest BCUT2D eigenvalue weighted by molar-refractivity contribution is 0.626. The fourth-order valence-corrected chi connectivity index (χ4v) is 2.70. The fraction of sp³-hybridized carbons (Fsp3) is 0.0909. The van der Waals surface area contributed by atoms with E-state index in [4.69, 9.17) is 11.6 Å². The van der Waals surface area contributed by atoms with E-state index < -0.39 is 0 Å². The second-order valence-electron chi connectivity index (χ2n) is 3.07. The van der Waals surface area contributed by atoms with Crippen molar-refractivity contribution in [2.45, 2.75) is 15.1 Å². The van der Waals surface area contributed by atoms with Crippen LogP contribution in [-0.4, -0.2) is 16.2 Å². The molecule has 0 saturated carbocycles. The molecule has 0 spiro atoms. The summed E-state index contributed by atoms with van der Waals surface area (Å²) in [5.74, 6) is -0.250. The first-order chi connectivity index (χ1) is 8.17. The van der Waals surface area contributed by atoms with E-state index in [0.29, 0.717) is 10.3 Å². The fourth-order valence-electron chi connectivity index (χ4n) is 1.14. The molecule has 1 heterocycles. The molecule has 6 heteroatoms. The second kappa shape index (κ2) is 5.71. The highest BCUT2D eigenvalue weighted by molar-refractivity contribution is 7.99. The zero-order valence-electron chi connectivity index (χ0n) is 8.85. The number of hydrogen-bond acceptors (Lipinski definition) is 4. The maximum Gasteiger partial charge on any atom is 0.189 e. The first-order valence-electron chi connectivity index (χ1n) is 4.69. The molecule has 88 valence electrons. The van der Waals surface area contributed by atoms with E-state index >= 15 is 0 Å². The van der Waals surface area contributed by atoms with Crippen molar-refractivity contribution in [2.24, 2.45) is 0 Å². The van der Waals surface area contributed by atoms with Crippen LogP contribution in [0.1, 0.15) is 0 Å². The van der Waals surface area contributed by atoms with Gasteiger partial charge in [0.1, 0.15) is 16.0 Å². The lowest BCUT2D eigenvalue weighted by atomic mass is 10.4. The molecule has 0 atom stereocenters. The van der Waals surface area contributed by atoms with Crippen LogP contribution < -0.4 is 0 Å². The Balaban J connectivity index is 2.23. The van der Waals surface area contributed by atoms with Crippen molar-refractivity contribution in [3.8, 4) is 0 Å². The van der Waals surface area contributed by atoms with Gasteiger partial charge in [-0.25, -0.2) is 14.4 Å². The van der Waals surface area contributed by atoms with Gasteiger partial charge in [-0.3, -0.25) is 0 Å². The van der Waals surface area contributed by atoms with Crippen LogP contribution in [0.15, 0.2) is 45.4 Å². The van der Waals surface area contributed by atoms with E-state index in [-0.39, 0.29) is 5.82 Å². The quantitative estimate of drug-likeness (QED) is 0.481. The highest BCUT2D eigenvalue weighted by atomic mass is 35.5. The zero-order chi connectivity index (χ0) is 12.3. The van der Waals surface area contributed by atoms with Gasteiger partial charge < -0.3 is 0 Å². The molecule has 1 aromatic carbocycles. The molecule has 17 heavy (non-hydrogen) atoms. The zero-order valence-corrected chi connectivity index (χ0v) is 11.2. The smallest absolute Gasteiger partial charge is 0.189 e. The molecule has 0 aliphatic rings. The molecule has 0 aliphatic heterocycles. The number of thioether (sulfide) groups is 1. The van der Waals surface area contributed by atoms with Crippen LogP contribution in [0.3, 0.4) is 0 Å². The number of benzene rings is 1. The van der Waals surface area contributed by atoms with E-state index in [2.05, 4.69) is 9.97 Å². The van der Waals surface area contributed by atoms with E-state index in [1.807, 2.05) is 6.26 Å². The van der Waals surface area contributed by atoms with Crippen LogP contribution in [-0.2, 0) is 0 Å². The molecule has 2 nitrogen and oxygen atoms in total. The summed E-state index contributed by atoms with van der Waals surface area (Å²) >= 11 is 8.74. The van der Waals surface area contributed by atoms with Gasteiger partial charge in [-0.15, -0.1) is 0 Å². The summed E-state index contributed by atoms with van der Waals surface area (Å²) in [5, 5.41) is 1.79. The highest BCUT2D eigenvalue weighted by Crippen LogP contribution is 2.28. The average molecular weight is 287 g/mol. The molecule has 0 saturated heterocycles. The highest BCUT2D eigenvalue weighted by Gasteiger charge is 2.04. The van der Waals surface area contributed by atoms with Gasteiger partial charge in [0.2, 0.25) is 0 Å². The Morgan fingerprint density at radius 3 is 2.53 bits per heavy atom. The minimum absolute atomic E-state index is 0.250. The summed E-state index contributed by atoms with van der Waals surface area (Å²) in [6.07, 6.45) is 1.89. The summed E-state index contributed by atoms with van der Waals surface area (Å²) in [5.41, 5.74) is 0. The third-order valence-corrected chi connectivity index (χ3v) is 3.54. The Morgan fingerprint density at radius 2 is 1.88 bits per heavy atom. The third kappa shape index (κ3) is 3.59. The van der Waals surface area contributed by atoms with Crippen molar-refractivity contribution >= 4 is 35.1 Å². The Hall–Kier alpha value is -0.780. The van der Waals surface area contributed by atoms with Crippen molar-refractivity contribution in [2.75, 3.05) is 6.26 Å². The SMILES string of the molecule is CSc1nc(Cl)cc(Sc2ccc(F)cc2)n1. The number of nitrogens with zero attached hydrogens (tertiary/aromatic N) is 2. The number of aromatic nitrogens is 2. The lowest BCUT2D eigenvalue weighted by Gasteiger charge is -2.03. The van der Waals surface area contributed by atoms with Crippen molar-refractivity contribution in [3.63, 3.8) is 0 Å². The topological polar surface area (TPSA) is 25.8 Å². The lowest BCUT2D eigenvalue weighted by Crippen LogP contribution is -1.88. The molecule has 0 unspecified atom stereocenters. The van der Waals surface area contributed by atoms with Gasteiger partial charge in [0, 0.05) is 11.0 Å². The Bertz CT molecular complexity index is 519. The van der Waals surface area contributed by atoms with Crippen LogP contribution in [0, 0.1) is 5.82 Å². The predicted molar refractivity (Wildman–Crippen MR) is 69.3 cm³/mol. The standard InChI is InChI=1S/C11H8ClFN2S2/c1-16-11-14-9(12)6-10(15-11)17-8-4-2-7(13)3-5-8/h2-6H,1H3. The monoisotopic (exact) mass is 286 g/mol. The maximum atomic E-state index is 12.7. The van der Waals surface area contributed by atoms with E-state index in [1.165, 1.54) is 35.7 Å². The molecular formula is C11H8ClFN2S2. The maximum absolute atomic E-state index is 12.7. The molecule has 0 N–H and O–H groups in total. The number of rotatable bonds is 3. The Kier molecular flexibility index (Phi) is 4.25. The average Bonchev–Trinajstić information content (AvgIpc) is 2.31. The van der Waals surface area contributed by atoms with Crippen molar-refractivity contribution in [3.05, 3.63) is 41.3 Å². The van der Waals surface area contributed by atoms with Crippen LogP contribution in [0.2, 0.25) is 5.15 Å². The van der Waals surface area contributed by atoms with E-state index in [1.54, 1.807) is 18.2 Å². The van der Waals surface area contributed by atoms with Gasteiger partial charge in [0.25, 0.3) is 0 Å². The van der Waals surface area contributed by atoms with Crippen LogP contribution >= 0.6 is 35.1 Å². The minimum atomic E-state index is -0.250. The molecule has 0 fully saturated rings. The summed E-state index contributed by atoms with van der Waals surface area (Å²) in [4.78, 5) is 9.27. The Morgan fingerprint density at radius 1 is 1.18 bits per heavy atom. The van der Waals surface area contributed by atoms with Crippen molar-refractivity contribution in [1.29, 1.82) is 0 Å². The normalized spacial score (nSPS) is 10.5. The third-order valence-electron chi connectivity index (χ3n) is 1.87. The van der Waals surface area contributed by atoms with Crippen LogP contribution in [0.5, 0.6) is 0 Å². The largest absolute Gasteiger partial charge is 0.216 e. The summed E-state index contributed by atoms with van der Waals surface area (Å²) in [6, 6.07) is 7.93. The molecule has 0 aliphatic carbocycles. The molecule has 0 bridgehead atoms. The summed E-state index contributed by atoms with van der Waals surface area (Å²) < 4.78 is 12.7. The first-order valence-corrected chi connectivity index (χ1v) is 7.11. The van der Waals surface area contributed by atoms with E-state index in [0.717, 1.165) is 9.92 Å². The minimum Gasteiger partial charge on any atom is -0.216 e. The molecule has 2 aromatic rings. The van der Waals surface area contributed by atoms with Crippen molar-refractivity contribution in [1.82, 2.24) is 9.97 Å². The van der Waals surface area contributed by atoms with Gasteiger partial charge in [-0.1, -0.05) is 35.1 Å². The second-order valence-corrected chi connectivity index (χ2v) is 5.33. The molecule has 2 rings (SSSR count). The molecule has 0 amide bonds. The van der Waals surface area contributed by atoms with E-state index in [9.17, 15) is 4.39 Å². The summed E-state index contributed by atoms with van der Waals surface area (Å²) in [6.45, 7) is 0. The number of hydrogen-bond donors (Lipinski definition) is 0. The molecule has 1 aromatic heterocycles. The van der Waals surface area contributed by atoms with Crippen LogP contribution in [0.4, 0.5) is 4.39 Å². The van der Waals surface area contributed by atoms with Crippen molar-refractivity contribution < 1.29 is 4.39 Å². The van der Waals surface area contributed by atoms with Gasteiger partial charge >= 0.3 is 0 Å². The predicted octanol–water partition coefficient (Wildman–Crippen LogP) is 4.14. The molecular weight excluding hydrogens is 279 g/mol. The van der Waals surface area contributed by atoms with Gasteiger partial charge in [-0.2, -0.15) is 0 Å². The summed E-state index contributed by atoms with van der Waals surface area (Å²) in [7, 11) is 0. The first kappa shape index (κ1) is 12.7. The van der Waals surface area contributed by atoms with Crippen LogP contribution in [0.25, 0.3) is 0 Å². The van der Waals surface area contributed by atoms with Gasteiger partial charge in [-0.05, 0) is 30.5 Å². The van der Waals surface area contributed by atoms with Gasteiger partial charge in [0.05, 0.1) is 0 Å². The van der Waals surface area contributed by atoms with Gasteiger partial charge in [0.15, 0.2) is 5.16 Å². The number of halogens is 2. The molecule has 0 radical (unpaired) electrons. The Labute approximate surface area is 112 Å².